The quantitative estimate of drug-likeness (QED) is 0.00922. The number of aliphatic hydroxyl groups is 1. The second kappa shape index (κ2) is 59.6. The maximum atomic E-state index is 14.5. The number of carbonyl (C=O) groups is 17. The number of nitrogens with one attached hydrogen (secondary N) is 17. The molecule has 18 atom stereocenters. The lowest BCUT2D eigenvalue weighted by Crippen LogP contribution is -2.62. The molecule has 29 N–H and O–H groups in total. The molecule has 0 aromatic rings. The Balaban J connectivity index is 2.28. The minimum absolute atomic E-state index is 0.000226. The maximum absolute atomic E-state index is 14.5. The van der Waals surface area contributed by atoms with Gasteiger partial charge in [-0.2, -0.15) is 24.4 Å². The Labute approximate surface area is 750 Å². The van der Waals surface area contributed by atoms with Crippen LogP contribution in [-0.4, -0.2) is 270 Å². The SMILES string of the molecule is CC[C@@H](C)[C@@H](NC(=O)[C@H](NC(=O)[C@@H](CC(C)C)NC(=O)[C@@H](CO)NC(=O)CNC(=O)[C@H](N)CCCCN)C(C)C)C(=O)N[C@@H](CCCN=C(N)N)C(=O)NCC(=O)N[C@@H](C(=O)N[C@@H](C(=O)N[C@@H](C(=O)N[C@@H](C(=O)N[C@@H](CS)C(=O)N[C@@H](CCCCNC(=O)CCCC[C@@H]1SC[C@@H]2NC(=O)N[C@@H]21)C(=O)N[C@@H](CCCCN)C(=O)O)C(C)C)C(C)C)[C@H](C)CC)C(C)C. The molecule has 126 heavy (non-hydrogen) atoms. The van der Waals surface area contributed by atoms with Crippen LogP contribution >= 0.6 is 24.4 Å². The fourth-order valence-corrected chi connectivity index (χ4v) is 15.6. The number of rotatable bonds is 63. The van der Waals surface area contributed by atoms with Crippen molar-refractivity contribution in [3.8, 4) is 0 Å². The van der Waals surface area contributed by atoms with Crippen LogP contribution in [0.3, 0.4) is 0 Å². The Morgan fingerprint density at radius 3 is 1.37 bits per heavy atom. The van der Waals surface area contributed by atoms with Crippen LogP contribution in [0.5, 0.6) is 0 Å². The molecule has 17 amide bonds. The van der Waals surface area contributed by atoms with Crippen molar-refractivity contribution < 1.29 is 91.7 Å². The first kappa shape index (κ1) is 113. The number of thioether (sulfide) groups is 1. The molecule has 2 saturated heterocycles. The summed E-state index contributed by atoms with van der Waals surface area (Å²) in [4.78, 5) is 237. The summed E-state index contributed by atoms with van der Waals surface area (Å²) in [5.41, 5.74) is 28.2. The summed E-state index contributed by atoms with van der Waals surface area (Å²) < 4.78 is 0. The molecule has 0 radical (unpaired) electrons. The van der Waals surface area contributed by atoms with Crippen LogP contribution in [0.4, 0.5) is 4.79 Å². The number of aliphatic hydroxyl groups excluding tert-OH is 1. The molecule has 44 heteroatoms. The van der Waals surface area contributed by atoms with Gasteiger partial charge in [0.1, 0.15) is 72.5 Å². The monoisotopic (exact) mass is 1820 g/mol. The summed E-state index contributed by atoms with van der Waals surface area (Å²) in [7, 11) is 0. The molecule has 0 bridgehead atoms. The number of unbranched alkanes of at least 4 members (excludes halogenated alkanes) is 4. The fraction of sp³-hybridized carbons (Fsp3) is 0.780. The fourth-order valence-electron chi connectivity index (χ4n) is 13.8. The third-order valence-electron chi connectivity index (χ3n) is 21.8. The zero-order valence-electron chi connectivity index (χ0n) is 75.9. The number of aliphatic carboxylic acids is 1. The van der Waals surface area contributed by atoms with E-state index in [4.69, 9.17) is 28.7 Å². The first-order valence-corrected chi connectivity index (χ1v) is 45.9. The summed E-state index contributed by atoms with van der Waals surface area (Å²) in [6.07, 6.45) is 6.30. The second-order valence-electron chi connectivity index (χ2n) is 34.3. The minimum atomic E-state index is -1.57. The third kappa shape index (κ3) is 41.1. The van der Waals surface area contributed by atoms with Gasteiger partial charge in [-0.25, -0.2) is 9.59 Å². The summed E-state index contributed by atoms with van der Waals surface area (Å²) in [5.74, 6) is -16.9. The van der Waals surface area contributed by atoms with Crippen molar-refractivity contribution in [1.82, 2.24) is 90.4 Å². The normalized spacial score (nSPS) is 17.7. The molecule has 0 aromatic carbocycles. The molecule has 42 nitrogen and oxygen atoms in total. The first-order valence-electron chi connectivity index (χ1n) is 44.2. The smallest absolute Gasteiger partial charge is 0.326 e. The lowest BCUT2D eigenvalue weighted by molar-refractivity contribution is -0.142. The van der Waals surface area contributed by atoms with Gasteiger partial charge in [-0.3, -0.25) is 76.9 Å². The highest BCUT2D eigenvalue weighted by Crippen LogP contribution is 2.33. The average Bonchev–Trinajstić information content (AvgIpc) is 1.66. The Morgan fingerprint density at radius 2 is 0.865 bits per heavy atom. The number of hydrogen-bond acceptors (Lipinski definition) is 24. The predicted octanol–water partition coefficient (Wildman–Crippen LogP) is -3.54. The Hall–Kier alpha value is -9.40. The zero-order valence-corrected chi connectivity index (χ0v) is 77.6. The number of amides is 17. The Kier molecular flexibility index (Phi) is 53.3. The average molecular weight is 1830 g/mol. The number of fused-ring (bicyclic) bond motifs is 1. The van der Waals surface area contributed by atoms with Crippen LogP contribution in [0.25, 0.3) is 0 Å². The van der Waals surface area contributed by atoms with E-state index in [-0.39, 0.29) is 105 Å². The Bertz CT molecular complexity index is 3580. The second-order valence-corrected chi connectivity index (χ2v) is 35.9. The summed E-state index contributed by atoms with van der Waals surface area (Å²) in [5, 5.41) is 65.6. The van der Waals surface area contributed by atoms with Crippen LogP contribution in [0.15, 0.2) is 4.99 Å². The number of carboxylic acid groups (broad SMARTS) is 1. The lowest BCUT2D eigenvalue weighted by atomic mass is 9.95. The largest absolute Gasteiger partial charge is 0.480 e. The summed E-state index contributed by atoms with van der Waals surface area (Å²) >= 11 is 6.14. The molecule has 2 fully saturated rings. The number of hydrogen-bond donors (Lipinski definition) is 25. The van der Waals surface area contributed by atoms with Crippen LogP contribution in [0.2, 0.25) is 0 Å². The Morgan fingerprint density at radius 1 is 0.452 bits per heavy atom. The van der Waals surface area contributed by atoms with E-state index in [1.165, 1.54) is 0 Å². The van der Waals surface area contributed by atoms with Crippen molar-refractivity contribution in [3.63, 3.8) is 0 Å². The molecule has 2 aliphatic rings. The van der Waals surface area contributed by atoms with Gasteiger partial charge in [0, 0.05) is 36.3 Å². The zero-order chi connectivity index (χ0) is 95.2. The van der Waals surface area contributed by atoms with Crippen molar-refractivity contribution in [2.24, 2.45) is 75.1 Å². The number of thiol groups is 1. The van der Waals surface area contributed by atoms with E-state index in [0.29, 0.717) is 70.9 Å². The highest BCUT2D eigenvalue weighted by molar-refractivity contribution is 8.00. The number of nitrogens with zero attached hydrogens (tertiary/aromatic N) is 1. The first-order chi connectivity index (χ1) is 59.4. The predicted molar refractivity (Wildman–Crippen MR) is 480 cm³/mol. The van der Waals surface area contributed by atoms with Gasteiger partial charge in [-0.15, -0.1) is 0 Å². The van der Waals surface area contributed by atoms with Crippen molar-refractivity contribution in [2.45, 2.75) is 308 Å². The number of urea groups is 1. The highest BCUT2D eigenvalue weighted by Gasteiger charge is 2.44. The third-order valence-corrected chi connectivity index (χ3v) is 23.7. The van der Waals surface area contributed by atoms with Gasteiger partial charge in [0.05, 0.1) is 37.8 Å². The van der Waals surface area contributed by atoms with E-state index in [1.54, 1.807) is 109 Å². The molecular weight excluding hydrogens is 1680 g/mol. The van der Waals surface area contributed by atoms with Gasteiger partial charge in [-0.1, -0.05) is 123 Å². The molecule has 0 unspecified atom stereocenters. The van der Waals surface area contributed by atoms with Gasteiger partial charge < -0.3 is 129 Å². The molecular formula is C82H149N23O19S2. The molecule has 0 aliphatic carbocycles. The van der Waals surface area contributed by atoms with Gasteiger partial charge >= 0.3 is 12.0 Å². The summed E-state index contributed by atoms with van der Waals surface area (Å²) in [6.45, 7) is 22.1. The van der Waals surface area contributed by atoms with Gasteiger partial charge in [-0.05, 0) is 138 Å². The van der Waals surface area contributed by atoms with E-state index in [1.807, 2.05) is 0 Å². The number of nitrogens with two attached hydrogens (primary N) is 5. The molecule has 718 valence electrons. The van der Waals surface area contributed by atoms with E-state index >= 15 is 0 Å². The molecule has 0 aromatic heterocycles. The lowest BCUT2D eigenvalue weighted by Gasteiger charge is -2.31. The van der Waals surface area contributed by atoms with Gasteiger partial charge in [0.2, 0.25) is 88.6 Å². The van der Waals surface area contributed by atoms with Crippen molar-refractivity contribution >= 4 is 131 Å². The van der Waals surface area contributed by atoms with E-state index in [9.17, 15) is 91.7 Å². The molecule has 2 aliphatic heterocycles. The van der Waals surface area contributed by atoms with Crippen LogP contribution in [0, 0.1) is 41.4 Å². The standard InChI is InChI=1S/C82H149N23O19S2/c1-15-47(13)65(103-77(119)63(45(9)10)100-71(113)53(36-42(3)4)96-72(114)54(39-106)92-59(108)37-90-68(110)49(85)26-19-22-32-83)78(120)94-50(29-25-35-89-81(86)87)69(111)91-38-60(109)99-61(43(5)6)75(117)104-66(48(14)16-2)79(121)102-64(46(11)12)76(118)101-62(44(7)8)74(116)97-55(40-125)73(115)93-51(70(112)95-52(80(122)123)28-20-23-33-84)27-21-24-34-88-58(107)31-18-17-30-57-67-56(41-126-57)98-82(124)105-67/h42-57,61-67,106,125H,15-41,83-85H2,1-14H3,(H,88,107)(H,90,110)(H,91,111)(H,92,108)(H,93,115)(H,94,120)(H,95,112)(H,96,114)(H,97,116)(H,99,109)(H,100,113)(H,101,118)(H,102,121)(H,103,119)(H,104,117)(H,122,123)(H4,86,87,89)(H2,98,105,124)/t47-,48-,49-,50+,51+,52+,53-,54-,55+,56+,57+,61-,62-,63-,64-,65-,66-,67+/m1/s1. The topological polar surface area (TPSA) is 678 Å². The number of aliphatic imine (C=N–C) groups is 1. The van der Waals surface area contributed by atoms with Crippen LogP contribution < -0.4 is 119 Å². The maximum Gasteiger partial charge on any atom is 0.326 e. The highest BCUT2D eigenvalue weighted by atomic mass is 32.2. The van der Waals surface area contributed by atoms with Gasteiger partial charge in [0.25, 0.3) is 0 Å². The number of guanidine groups is 1. The minimum Gasteiger partial charge on any atom is -0.480 e. The van der Waals surface area contributed by atoms with Gasteiger partial charge in [0.15, 0.2) is 5.96 Å². The van der Waals surface area contributed by atoms with E-state index in [2.05, 4.69) is 108 Å². The van der Waals surface area contributed by atoms with Crippen LogP contribution in [-0.2, 0) is 76.7 Å². The van der Waals surface area contributed by atoms with Crippen molar-refractivity contribution in [1.29, 1.82) is 0 Å². The van der Waals surface area contributed by atoms with Crippen LogP contribution in [0.1, 0.15) is 213 Å². The summed E-state index contributed by atoms with van der Waals surface area (Å²) in [6, 6.07) is -17.3. The molecule has 0 saturated carbocycles. The number of carboxylic acids is 1. The van der Waals surface area contributed by atoms with E-state index < -0.39 is 222 Å². The van der Waals surface area contributed by atoms with Crippen molar-refractivity contribution in [3.05, 3.63) is 0 Å². The number of carbonyl (C=O) groups excluding carboxylic acids is 16. The molecule has 0 spiro atoms. The van der Waals surface area contributed by atoms with E-state index in [0.717, 1.165) is 18.6 Å². The van der Waals surface area contributed by atoms with Crippen molar-refractivity contribution in [2.75, 3.05) is 57.4 Å². The molecule has 2 rings (SSSR count). The molecule has 2 heterocycles.